The highest BCUT2D eigenvalue weighted by Crippen LogP contribution is 2.37. The van der Waals surface area contributed by atoms with Crippen LogP contribution in [-0.4, -0.2) is 30.0 Å². The van der Waals surface area contributed by atoms with E-state index >= 15 is 0 Å². The second kappa shape index (κ2) is 7.72. The van der Waals surface area contributed by atoms with Crippen LogP contribution >= 0.6 is 11.8 Å². The molecule has 3 atom stereocenters. The lowest BCUT2D eigenvalue weighted by Crippen LogP contribution is -2.40. The van der Waals surface area contributed by atoms with Crippen molar-refractivity contribution in [3.05, 3.63) is 65.2 Å². The van der Waals surface area contributed by atoms with E-state index in [-0.39, 0.29) is 17.9 Å². The third-order valence-corrected chi connectivity index (χ3v) is 6.65. The van der Waals surface area contributed by atoms with Crippen molar-refractivity contribution in [2.45, 2.75) is 30.1 Å². The van der Waals surface area contributed by atoms with Crippen LogP contribution in [0.15, 0.2) is 48.5 Å². The van der Waals surface area contributed by atoms with E-state index < -0.39 is 0 Å². The standard InChI is InChI=1S/C21H25N3OS/c22-15-7-5-14(6-8-15)20-18-4-2-1-3-17(18)19(21(25)24-20)10-9-16-13-23-11-12-26-16/h1-8,16,19-20,23H,9-13,22H2,(H,24,25). The fourth-order valence-corrected chi connectivity index (χ4v) is 5.08. The van der Waals surface area contributed by atoms with Crippen LogP contribution in [-0.2, 0) is 4.79 Å². The SMILES string of the molecule is Nc1ccc(C2NC(=O)C(CCC3CNCCS3)c3ccccc32)cc1. The normalized spacial score (nSPS) is 25.4. The number of rotatable bonds is 4. The molecule has 1 saturated heterocycles. The minimum absolute atomic E-state index is 0.0567. The summed E-state index contributed by atoms with van der Waals surface area (Å²) in [5, 5.41) is 7.31. The van der Waals surface area contributed by atoms with Gasteiger partial charge < -0.3 is 16.4 Å². The molecular weight excluding hydrogens is 342 g/mol. The molecule has 2 aliphatic heterocycles. The molecule has 5 heteroatoms. The largest absolute Gasteiger partial charge is 0.399 e. The third-order valence-electron chi connectivity index (χ3n) is 5.34. The van der Waals surface area contributed by atoms with Gasteiger partial charge in [-0.25, -0.2) is 0 Å². The summed E-state index contributed by atoms with van der Waals surface area (Å²) in [5.41, 5.74) is 10.0. The highest BCUT2D eigenvalue weighted by atomic mass is 32.2. The number of nitrogens with two attached hydrogens (primary N) is 1. The summed E-state index contributed by atoms with van der Waals surface area (Å²) in [6.45, 7) is 2.14. The van der Waals surface area contributed by atoms with E-state index in [1.54, 1.807) is 0 Å². The van der Waals surface area contributed by atoms with Gasteiger partial charge in [-0.3, -0.25) is 4.79 Å². The average molecular weight is 368 g/mol. The molecule has 4 N–H and O–H groups in total. The third kappa shape index (κ3) is 3.60. The molecule has 0 aliphatic carbocycles. The van der Waals surface area contributed by atoms with Gasteiger partial charge in [-0.05, 0) is 41.7 Å². The smallest absolute Gasteiger partial charge is 0.228 e. The Labute approximate surface area is 158 Å². The molecule has 0 saturated carbocycles. The number of hydrogen-bond donors (Lipinski definition) is 3. The minimum atomic E-state index is -0.0960. The van der Waals surface area contributed by atoms with E-state index in [9.17, 15) is 4.79 Å². The molecule has 2 heterocycles. The van der Waals surface area contributed by atoms with E-state index in [1.165, 1.54) is 11.1 Å². The van der Waals surface area contributed by atoms with Gasteiger partial charge in [0.05, 0.1) is 12.0 Å². The summed E-state index contributed by atoms with van der Waals surface area (Å²) in [6.07, 6.45) is 1.97. The highest BCUT2D eigenvalue weighted by molar-refractivity contribution is 8.00. The van der Waals surface area contributed by atoms with Crippen LogP contribution in [0.4, 0.5) is 5.69 Å². The number of amides is 1. The number of nitrogens with one attached hydrogen (secondary N) is 2. The lowest BCUT2D eigenvalue weighted by molar-refractivity contribution is -0.123. The van der Waals surface area contributed by atoms with E-state index in [4.69, 9.17) is 5.73 Å². The number of carbonyl (C=O) groups excluding carboxylic acids is 1. The molecule has 2 aromatic rings. The molecule has 4 nitrogen and oxygen atoms in total. The highest BCUT2D eigenvalue weighted by Gasteiger charge is 2.33. The number of nitrogen functional groups attached to an aromatic ring is 1. The molecule has 0 spiro atoms. The zero-order valence-electron chi connectivity index (χ0n) is 14.8. The number of carbonyl (C=O) groups is 1. The molecule has 1 fully saturated rings. The van der Waals surface area contributed by atoms with Crippen molar-refractivity contribution in [1.29, 1.82) is 0 Å². The number of fused-ring (bicyclic) bond motifs is 1. The number of benzene rings is 2. The Morgan fingerprint density at radius 3 is 2.54 bits per heavy atom. The summed E-state index contributed by atoms with van der Waals surface area (Å²) in [6, 6.07) is 16.0. The van der Waals surface area contributed by atoms with Gasteiger partial charge in [-0.1, -0.05) is 36.4 Å². The first-order valence-corrected chi connectivity index (χ1v) is 10.3. The maximum absolute atomic E-state index is 12.9. The lowest BCUT2D eigenvalue weighted by atomic mass is 9.81. The van der Waals surface area contributed by atoms with Crippen molar-refractivity contribution in [2.75, 3.05) is 24.6 Å². The summed E-state index contributed by atoms with van der Waals surface area (Å²) in [4.78, 5) is 12.9. The quantitative estimate of drug-likeness (QED) is 0.727. The zero-order valence-corrected chi connectivity index (χ0v) is 15.6. The Morgan fingerprint density at radius 1 is 1.04 bits per heavy atom. The molecule has 136 valence electrons. The number of hydrogen-bond acceptors (Lipinski definition) is 4. The molecule has 4 rings (SSSR count). The van der Waals surface area contributed by atoms with Gasteiger partial charge in [-0.15, -0.1) is 0 Å². The van der Waals surface area contributed by atoms with Crippen molar-refractivity contribution in [3.8, 4) is 0 Å². The molecule has 0 radical (unpaired) electrons. The van der Waals surface area contributed by atoms with Crippen molar-refractivity contribution < 1.29 is 4.79 Å². The van der Waals surface area contributed by atoms with Gasteiger partial charge >= 0.3 is 0 Å². The first-order chi connectivity index (χ1) is 12.7. The zero-order chi connectivity index (χ0) is 17.9. The number of anilines is 1. The fourth-order valence-electron chi connectivity index (χ4n) is 3.95. The summed E-state index contributed by atoms with van der Waals surface area (Å²) in [7, 11) is 0. The molecule has 2 aliphatic rings. The van der Waals surface area contributed by atoms with Gasteiger partial charge in [0.25, 0.3) is 0 Å². The van der Waals surface area contributed by atoms with Crippen molar-refractivity contribution in [3.63, 3.8) is 0 Å². The first kappa shape index (κ1) is 17.4. The predicted octanol–water partition coefficient (Wildman–Crippen LogP) is 3.06. The number of thioether (sulfide) groups is 1. The maximum Gasteiger partial charge on any atom is 0.228 e. The molecular formula is C21H25N3OS. The Balaban J connectivity index is 1.57. The Morgan fingerprint density at radius 2 is 1.81 bits per heavy atom. The van der Waals surface area contributed by atoms with Gasteiger partial charge in [0.1, 0.15) is 0 Å². The van der Waals surface area contributed by atoms with Crippen molar-refractivity contribution >= 4 is 23.4 Å². The summed E-state index contributed by atoms with van der Waals surface area (Å²) < 4.78 is 0. The van der Waals surface area contributed by atoms with Crippen LogP contribution in [0, 0.1) is 0 Å². The van der Waals surface area contributed by atoms with Gasteiger partial charge in [0.2, 0.25) is 5.91 Å². The lowest BCUT2D eigenvalue weighted by Gasteiger charge is -2.33. The summed E-state index contributed by atoms with van der Waals surface area (Å²) in [5.74, 6) is 1.25. The van der Waals surface area contributed by atoms with Crippen LogP contribution in [0.5, 0.6) is 0 Å². The average Bonchev–Trinajstić information content (AvgIpc) is 2.68. The predicted molar refractivity (Wildman–Crippen MR) is 108 cm³/mol. The van der Waals surface area contributed by atoms with Gasteiger partial charge in [0.15, 0.2) is 0 Å². The van der Waals surface area contributed by atoms with E-state index in [2.05, 4.69) is 28.8 Å². The molecule has 0 aromatic heterocycles. The molecule has 3 unspecified atom stereocenters. The first-order valence-electron chi connectivity index (χ1n) is 9.29. The molecule has 2 aromatic carbocycles. The van der Waals surface area contributed by atoms with Crippen LogP contribution in [0.3, 0.4) is 0 Å². The second-order valence-corrected chi connectivity index (χ2v) is 8.47. The van der Waals surface area contributed by atoms with Crippen LogP contribution in [0.25, 0.3) is 0 Å². The topological polar surface area (TPSA) is 67.1 Å². The Kier molecular flexibility index (Phi) is 5.18. The maximum atomic E-state index is 12.9. The fraction of sp³-hybridized carbons (Fsp3) is 0.381. The van der Waals surface area contributed by atoms with Crippen molar-refractivity contribution in [2.24, 2.45) is 0 Å². The van der Waals surface area contributed by atoms with Gasteiger partial charge in [-0.2, -0.15) is 11.8 Å². The molecule has 26 heavy (non-hydrogen) atoms. The van der Waals surface area contributed by atoms with Crippen molar-refractivity contribution in [1.82, 2.24) is 10.6 Å². The molecule has 0 bridgehead atoms. The Hall–Kier alpha value is -1.98. The minimum Gasteiger partial charge on any atom is -0.399 e. The second-order valence-electron chi connectivity index (χ2n) is 7.06. The molecule has 1 amide bonds. The van der Waals surface area contributed by atoms with Gasteiger partial charge in [0, 0.05) is 29.8 Å². The monoisotopic (exact) mass is 367 g/mol. The van der Waals surface area contributed by atoms with Crippen LogP contribution < -0.4 is 16.4 Å². The van der Waals surface area contributed by atoms with E-state index in [0.29, 0.717) is 5.25 Å². The summed E-state index contributed by atoms with van der Waals surface area (Å²) >= 11 is 2.03. The van der Waals surface area contributed by atoms with E-state index in [0.717, 1.165) is 42.9 Å². The van der Waals surface area contributed by atoms with Crippen LogP contribution in [0.1, 0.15) is 41.5 Å². The van der Waals surface area contributed by atoms with Crippen LogP contribution in [0.2, 0.25) is 0 Å². The Bertz CT molecular complexity index is 771. The van der Waals surface area contributed by atoms with E-state index in [1.807, 2.05) is 42.1 Å².